The van der Waals surface area contributed by atoms with Crippen LogP contribution < -0.4 is 15.4 Å². The molecule has 0 saturated heterocycles. The van der Waals surface area contributed by atoms with Crippen LogP contribution in [0.5, 0.6) is 5.75 Å². The first-order valence-corrected chi connectivity index (χ1v) is 8.78. The van der Waals surface area contributed by atoms with E-state index in [4.69, 9.17) is 10.00 Å². The van der Waals surface area contributed by atoms with Crippen molar-refractivity contribution in [2.45, 2.75) is 6.54 Å². The number of methoxy groups -OCH3 is 1. The zero-order valence-corrected chi connectivity index (χ0v) is 15.7. The zero-order valence-electron chi connectivity index (χ0n) is 15.7. The summed E-state index contributed by atoms with van der Waals surface area (Å²) in [6.07, 6.45) is 1.41. The predicted octanol–water partition coefficient (Wildman–Crippen LogP) is 3.14. The van der Waals surface area contributed by atoms with Crippen LogP contribution in [0.3, 0.4) is 0 Å². The van der Waals surface area contributed by atoms with Crippen molar-refractivity contribution < 1.29 is 14.3 Å². The molecule has 0 fully saturated rings. The molecule has 0 radical (unpaired) electrons. The number of nitrogens with zero attached hydrogens (tertiary/aromatic N) is 2. The van der Waals surface area contributed by atoms with Crippen LogP contribution in [0.15, 0.2) is 66.9 Å². The summed E-state index contributed by atoms with van der Waals surface area (Å²) in [6, 6.07) is 18.9. The summed E-state index contributed by atoms with van der Waals surface area (Å²) in [5, 5.41) is 14.4. The van der Waals surface area contributed by atoms with Gasteiger partial charge >= 0.3 is 0 Å². The molecule has 1 aromatic heterocycles. The number of pyridine rings is 1. The smallest absolute Gasteiger partial charge is 0.270 e. The summed E-state index contributed by atoms with van der Waals surface area (Å²) < 4.78 is 5.10. The second-order valence-electron chi connectivity index (χ2n) is 6.11. The Balaban J connectivity index is 1.65. The van der Waals surface area contributed by atoms with Crippen LogP contribution in [0.2, 0.25) is 0 Å². The number of carbonyl (C=O) groups is 2. The third-order valence-corrected chi connectivity index (χ3v) is 4.12. The average molecular weight is 386 g/mol. The zero-order chi connectivity index (χ0) is 20.6. The van der Waals surface area contributed by atoms with Gasteiger partial charge in [0.05, 0.1) is 18.7 Å². The first-order chi connectivity index (χ1) is 14.1. The van der Waals surface area contributed by atoms with Gasteiger partial charge in [-0.15, -0.1) is 0 Å². The predicted molar refractivity (Wildman–Crippen MR) is 108 cm³/mol. The summed E-state index contributed by atoms with van der Waals surface area (Å²) in [5.41, 5.74) is 2.27. The molecule has 29 heavy (non-hydrogen) atoms. The Morgan fingerprint density at radius 3 is 2.59 bits per heavy atom. The van der Waals surface area contributed by atoms with Gasteiger partial charge in [-0.2, -0.15) is 5.26 Å². The molecule has 0 aliphatic heterocycles. The lowest BCUT2D eigenvalue weighted by atomic mass is 10.1. The van der Waals surface area contributed by atoms with Crippen molar-refractivity contribution in [3.05, 3.63) is 89.2 Å². The van der Waals surface area contributed by atoms with Crippen molar-refractivity contribution in [1.29, 1.82) is 5.26 Å². The summed E-state index contributed by atoms with van der Waals surface area (Å²) in [5.74, 6) is -0.0468. The molecule has 2 N–H and O–H groups in total. The maximum absolute atomic E-state index is 12.5. The second-order valence-corrected chi connectivity index (χ2v) is 6.11. The summed E-state index contributed by atoms with van der Waals surface area (Å²) in [7, 11) is 1.59. The van der Waals surface area contributed by atoms with E-state index in [1.807, 2.05) is 30.3 Å². The highest BCUT2D eigenvalue weighted by Crippen LogP contribution is 2.13. The Bertz CT molecular complexity index is 1070. The molecular formula is C22H18N4O3. The molecule has 3 rings (SSSR count). The van der Waals surface area contributed by atoms with E-state index >= 15 is 0 Å². The highest BCUT2D eigenvalue weighted by Gasteiger charge is 2.12. The van der Waals surface area contributed by atoms with Gasteiger partial charge in [0.15, 0.2) is 0 Å². The second kappa shape index (κ2) is 9.15. The van der Waals surface area contributed by atoms with Crippen LogP contribution in [0.1, 0.15) is 32.0 Å². The van der Waals surface area contributed by atoms with E-state index in [0.29, 0.717) is 17.8 Å². The maximum atomic E-state index is 12.5. The van der Waals surface area contributed by atoms with Crippen molar-refractivity contribution in [1.82, 2.24) is 10.3 Å². The molecule has 0 aliphatic carbocycles. The number of amides is 2. The first kappa shape index (κ1) is 19.6. The van der Waals surface area contributed by atoms with E-state index in [9.17, 15) is 9.59 Å². The van der Waals surface area contributed by atoms with Gasteiger partial charge < -0.3 is 15.4 Å². The van der Waals surface area contributed by atoms with Gasteiger partial charge in [-0.05, 0) is 48.0 Å². The van der Waals surface area contributed by atoms with Crippen LogP contribution in [0.4, 0.5) is 5.69 Å². The van der Waals surface area contributed by atoms with Crippen LogP contribution >= 0.6 is 0 Å². The minimum atomic E-state index is -0.397. The topological polar surface area (TPSA) is 104 Å². The number of hydrogen-bond acceptors (Lipinski definition) is 5. The number of anilines is 1. The maximum Gasteiger partial charge on any atom is 0.270 e. The standard InChI is InChI=1S/C22H18N4O3/c1-29-19-7-5-15(6-8-19)14-25-22(28)20-12-17(9-10-24-20)21(27)26-18-4-2-3-16(11-18)13-23/h2-12H,14H2,1H3,(H,25,28)(H,26,27). The molecule has 2 amide bonds. The number of aromatic nitrogens is 1. The molecule has 1 heterocycles. The molecule has 3 aromatic rings. The van der Waals surface area contributed by atoms with E-state index in [0.717, 1.165) is 11.3 Å². The summed E-state index contributed by atoms with van der Waals surface area (Å²) in [4.78, 5) is 28.9. The van der Waals surface area contributed by atoms with Crippen molar-refractivity contribution >= 4 is 17.5 Å². The molecule has 0 unspecified atom stereocenters. The summed E-state index contributed by atoms with van der Waals surface area (Å²) >= 11 is 0. The van der Waals surface area contributed by atoms with E-state index in [2.05, 4.69) is 15.6 Å². The molecule has 0 bridgehead atoms. The lowest BCUT2D eigenvalue weighted by Crippen LogP contribution is -2.24. The molecule has 144 valence electrons. The number of benzene rings is 2. The molecule has 2 aromatic carbocycles. The van der Waals surface area contributed by atoms with Crippen molar-refractivity contribution in [2.75, 3.05) is 12.4 Å². The van der Waals surface area contributed by atoms with Crippen LogP contribution in [0, 0.1) is 11.3 Å². The normalized spacial score (nSPS) is 9.93. The molecule has 7 heteroatoms. The minimum Gasteiger partial charge on any atom is -0.497 e. The Morgan fingerprint density at radius 1 is 1.07 bits per heavy atom. The van der Waals surface area contributed by atoms with E-state index in [1.165, 1.54) is 18.3 Å². The average Bonchev–Trinajstić information content (AvgIpc) is 2.78. The lowest BCUT2D eigenvalue weighted by Gasteiger charge is -2.08. The number of carbonyl (C=O) groups excluding carboxylic acids is 2. The Kier molecular flexibility index (Phi) is 6.18. The van der Waals surface area contributed by atoms with Crippen LogP contribution in [-0.2, 0) is 6.54 Å². The lowest BCUT2D eigenvalue weighted by molar-refractivity contribution is 0.0946. The fraction of sp³-hybridized carbons (Fsp3) is 0.0909. The van der Waals surface area contributed by atoms with Gasteiger partial charge in [-0.25, -0.2) is 0 Å². The highest BCUT2D eigenvalue weighted by molar-refractivity contribution is 6.05. The fourth-order valence-electron chi connectivity index (χ4n) is 2.58. The third kappa shape index (κ3) is 5.17. The number of ether oxygens (including phenoxy) is 1. The van der Waals surface area contributed by atoms with Gasteiger partial charge in [0, 0.05) is 24.0 Å². The fourth-order valence-corrected chi connectivity index (χ4v) is 2.58. The number of nitrogens with one attached hydrogen (secondary N) is 2. The number of nitriles is 1. The molecule has 0 saturated carbocycles. The quantitative estimate of drug-likeness (QED) is 0.677. The van der Waals surface area contributed by atoms with Crippen LogP contribution in [-0.4, -0.2) is 23.9 Å². The summed E-state index contributed by atoms with van der Waals surface area (Å²) in [6.45, 7) is 0.321. The largest absolute Gasteiger partial charge is 0.497 e. The SMILES string of the molecule is COc1ccc(CNC(=O)c2cc(C(=O)Nc3cccc(C#N)c3)ccn2)cc1. The molecule has 7 nitrogen and oxygen atoms in total. The number of hydrogen-bond donors (Lipinski definition) is 2. The van der Waals surface area contributed by atoms with Crippen molar-refractivity contribution in [3.8, 4) is 11.8 Å². The number of rotatable bonds is 6. The Hall–Kier alpha value is -4.18. The Labute approximate surface area is 168 Å². The molecule has 0 spiro atoms. The van der Waals surface area contributed by atoms with Gasteiger partial charge in [0.1, 0.15) is 11.4 Å². The van der Waals surface area contributed by atoms with E-state index < -0.39 is 5.91 Å². The van der Waals surface area contributed by atoms with Gasteiger partial charge in [-0.1, -0.05) is 18.2 Å². The van der Waals surface area contributed by atoms with Gasteiger partial charge in [0.2, 0.25) is 0 Å². The monoisotopic (exact) mass is 386 g/mol. The van der Waals surface area contributed by atoms with Crippen molar-refractivity contribution in [3.63, 3.8) is 0 Å². The van der Waals surface area contributed by atoms with Gasteiger partial charge in [0.25, 0.3) is 11.8 Å². The van der Waals surface area contributed by atoms with E-state index in [-0.39, 0.29) is 17.2 Å². The molecular weight excluding hydrogens is 368 g/mol. The van der Waals surface area contributed by atoms with E-state index in [1.54, 1.807) is 31.4 Å². The minimum absolute atomic E-state index is 0.136. The van der Waals surface area contributed by atoms with Gasteiger partial charge in [-0.3, -0.25) is 14.6 Å². The third-order valence-electron chi connectivity index (χ3n) is 4.12. The van der Waals surface area contributed by atoms with Crippen molar-refractivity contribution in [2.24, 2.45) is 0 Å². The molecule has 0 atom stereocenters. The van der Waals surface area contributed by atoms with Crippen LogP contribution in [0.25, 0.3) is 0 Å². The first-order valence-electron chi connectivity index (χ1n) is 8.78. The highest BCUT2D eigenvalue weighted by atomic mass is 16.5. The molecule has 0 aliphatic rings. The Morgan fingerprint density at radius 2 is 1.86 bits per heavy atom.